The molecule has 16 nitrogen and oxygen atoms in total. The molecule has 44 heavy (non-hydrogen) atoms. The molecule has 0 spiro atoms. The molecule has 266 valence electrons. The van der Waals surface area contributed by atoms with E-state index in [1.807, 2.05) is 7.05 Å². The molecular weight excluding hydrogens is 655 g/mol. The minimum Gasteiger partial charge on any atom is -0.252 e. The van der Waals surface area contributed by atoms with Crippen molar-refractivity contribution in [2.75, 3.05) is 162 Å². The van der Waals surface area contributed by atoms with Crippen LogP contribution in [0.5, 0.6) is 0 Å². The van der Waals surface area contributed by atoms with Crippen molar-refractivity contribution in [3.05, 3.63) is 0 Å². The van der Waals surface area contributed by atoms with Crippen LogP contribution < -0.4 is 5.09 Å². The maximum Gasteiger partial charge on any atom is 0.355 e. The van der Waals surface area contributed by atoms with Gasteiger partial charge in [-0.15, -0.1) is 14.4 Å². The molecule has 0 amide bonds. The van der Waals surface area contributed by atoms with E-state index in [1.54, 1.807) is 0 Å². The van der Waals surface area contributed by atoms with E-state index in [-0.39, 0.29) is 0 Å². The summed E-state index contributed by atoms with van der Waals surface area (Å²) < 4.78 is 48.5. The van der Waals surface area contributed by atoms with Crippen molar-refractivity contribution >= 4 is 37.9 Å². The number of hydrogen-bond donors (Lipinski definition) is 1. The van der Waals surface area contributed by atoms with E-state index < -0.39 is 37.9 Å². The molecule has 0 radical (unpaired) electrons. The molecule has 1 N–H and O–H groups in total. The summed E-state index contributed by atoms with van der Waals surface area (Å²) in [6, 6.07) is 0. The van der Waals surface area contributed by atoms with Gasteiger partial charge >= 0.3 is 15.4 Å². The Balaban J connectivity index is 10.1. The average Bonchev–Trinajstić information content (AvgIpc) is 2.85. The summed E-state index contributed by atoms with van der Waals surface area (Å²) in [6.07, 6.45) is 0. The Bertz CT molecular complexity index is 934. The van der Waals surface area contributed by atoms with Crippen LogP contribution in [0.15, 0.2) is 18.1 Å². The molecule has 0 saturated heterocycles. The third-order valence-corrected chi connectivity index (χ3v) is 27.4. The van der Waals surface area contributed by atoms with E-state index in [4.69, 9.17) is 18.1 Å². The maximum atomic E-state index is 6.03. The Labute approximate surface area is 274 Å². The van der Waals surface area contributed by atoms with Gasteiger partial charge in [-0.2, -0.15) is 13.5 Å². The molecule has 0 aromatic carbocycles. The predicted molar refractivity (Wildman–Crippen MR) is 204 cm³/mol. The first-order valence-electron chi connectivity index (χ1n) is 14.4. The van der Waals surface area contributed by atoms with Gasteiger partial charge in [0.1, 0.15) is 0 Å². The molecule has 0 aromatic rings. The highest BCUT2D eigenvalue weighted by Crippen LogP contribution is 2.82. The molecule has 0 aliphatic rings. The van der Waals surface area contributed by atoms with Gasteiger partial charge in [-0.3, -0.25) is 42.0 Å². The van der Waals surface area contributed by atoms with E-state index >= 15 is 0 Å². The fourth-order valence-corrected chi connectivity index (χ4v) is 29.0. The summed E-state index contributed by atoms with van der Waals surface area (Å²) in [5, 5.41) is 3.65. The van der Waals surface area contributed by atoms with Gasteiger partial charge in [0.2, 0.25) is 0 Å². The normalized spacial score (nSPS) is 14.8. The summed E-state index contributed by atoms with van der Waals surface area (Å²) in [7, 11) is 34.4. The second-order valence-corrected chi connectivity index (χ2v) is 30.2. The Kier molecular flexibility index (Phi) is 17.3. The van der Waals surface area contributed by atoms with Gasteiger partial charge in [0.15, 0.2) is 22.5 Å². The van der Waals surface area contributed by atoms with E-state index in [1.165, 1.54) is 0 Å². The molecule has 0 fully saturated rings. The smallest absolute Gasteiger partial charge is 0.252 e. The van der Waals surface area contributed by atoms with Crippen LogP contribution >= 0.6 is 37.9 Å². The Morgan fingerprint density at radius 2 is 0.545 bits per heavy atom. The third kappa shape index (κ3) is 8.53. The third-order valence-electron chi connectivity index (χ3n) is 7.21. The van der Waals surface area contributed by atoms with Crippen molar-refractivity contribution < 1.29 is 0 Å². The lowest BCUT2D eigenvalue weighted by atomic mass is 11.2. The zero-order chi connectivity index (χ0) is 35.4. The van der Waals surface area contributed by atoms with E-state index in [0.717, 1.165) is 0 Å². The van der Waals surface area contributed by atoms with Gasteiger partial charge in [0.05, 0.1) is 0 Å². The average molecular weight is 726 g/mol. The fraction of sp³-hybridized carbons (Fsp3) is 1.00. The van der Waals surface area contributed by atoms with Gasteiger partial charge in [-0.05, 0) is 131 Å². The Hall–Kier alpha value is 0.870. The quantitative estimate of drug-likeness (QED) is 0.221. The lowest BCUT2D eigenvalue weighted by Crippen LogP contribution is -2.34. The molecule has 0 heterocycles. The molecule has 0 aliphatic heterocycles. The topological polar surface area (TPSA) is 97.1 Å². The molecule has 0 atom stereocenters. The molecule has 0 saturated carbocycles. The zero-order valence-corrected chi connectivity index (χ0v) is 36.9. The maximum absolute atomic E-state index is 6.03. The van der Waals surface area contributed by atoms with Crippen molar-refractivity contribution in [1.29, 1.82) is 0 Å². The number of hydrogen-bond acceptors (Lipinski definition) is 4. The number of rotatable bonds is 16. The van der Waals surface area contributed by atoms with Crippen molar-refractivity contribution in [2.45, 2.75) is 0 Å². The molecule has 0 aliphatic carbocycles. The van der Waals surface area contributed by atoms with Crippen molar-refractivity contribution in [3.8, 4) is 0 Å². The van der Waals surface area contributed by atoms with Crippen LogP contribution in [0, 0.1) is 0 Å². The predicted octanol–water partition coefficient (Wildman–Crippen LogP) is 4.85. The van der Waals surface area contributed by atoms with E-state index in [2.05, 4.69) is 212 Å². The SMILES string of the molecule is CN[P+](N=P(N=P(N(C)C)(N(C)C)N(C)C)(N=P(N(C)C)(N(C)C)N(C)C)N=P(N(C)C)(N(C)C)N(C)C)(N(C)C)N(C)C. The van der Waals surface area contributed by atoms with Crippen molar-refractivity contribution in [2.24, 2.45) is 18.1 Å². The summed E-state index contributed by atoms with van der Waals surface area (Å²) >= 11 is 0. The van der Waals surface area contributed by atoms with Crippen molar-refractivity contribution in [1.82, 2.24) is 56.5 Å². The summed E-state index contributed by atoms with van der Waals surface area (Å²) in [6.45, 7) is 0. The number of nitrogens with one attached hydrogen (secondary N) is 1. The zero-order valence-electron chi connectivity index (χ0n) is 32.4. The molecule has 0 bridgehead atoms. The summed E-state index contributed by atoms with van der Waals surface area (Å²) in [4.78, 5) is 0. The standard InChI is InChI=1S/C23H70N16P5/c1-24-41(29(2)3,30(4)5)25-40(26-42(31(6)7,32(8)9)33(10)11,27-43(34(12)13,35(14)15)36(16)17)28-44(37(18)19,38(20)21)39(22)23/h24H,1-23H3/q+1. The molecule has 0 unspecified atom stereocenters. The van der Waals surface area contributed by atoms with Gasteiger partial charge in [0.25, 0.3) is 0 Å². The number of nitrogens with zero attached hydrogens (tertiary/aromatic N) is 15. The largest absolute Gasteiger partial charge is 0.355 e. The molecule has 21 heteroatoms. The minimum atomic E-state index is -3.41. The van der Waals surface area contributed by atoms with Gasteiger partial charge < -0.3 is 0 Å². The fourth-order valence-electron chi connectivity index (χ4n) is 5.66. The highest BCUT2D eigenvalue weighted by atomic mass is 31.3. The van der Waals surface area contributed by atoms with E-state index in [9.17, 15) is 0 Å². The monoisotopic (exact) mass is 725 g/mol. The second-order valence-electron chi connectivity index (χ2n) is 12.6. The van der Waals surface area contributed by atoms with Crippen LogP contribution in [-0.2, 0) is 0 Å². The van der Waals surface area contributed by atoms with Crippen molar-refractivity contribution in [3.63, 3.8) is 0 Å². The van der Waals surface area contributed by atoms with Crippen LogP contribution in [0.4, 0.5) is 0 Å². The minimum absolute atomic E-state index is 1.98. The molecule has 0 aromatic heterocycles. The second kappa shape index (κ2) is 17.0. The molecular formula is C23H70N16P5+. The Morgan fingerprint density at radius 3 is 0.659 bits per heavy atom. The lowest BCUT2D eigenvalue weighted by molar-refractivity contribution is 0.472. The Morgan fingerprint density at radius 1 is 0.364 bits per heavy atom. The van der Waals surface area contributed by atoms with Crippen LogP contribution in [0.25, 0.3) is 0 Å². The van der Waals surface area contributed by atoms with Crippen LogP contribution in [0.3, 0.4) is 0 Å². The van der Waals surface area contributed by atoms with Gasteiger partial charge in [0, 0.05) is 35.2 Å². The lowest BCUT2D eigenvalue weighted by Gasteiger charge is -2.46. The van der Waals surface area contributed by atoms with Crippen LogP contribution in [-0.4, -0.2) is 213 Å². The summed E-state index contributed by atoms with van der Waals surface area (Å²) in [5.74, 6) is 0. The summed E-state index contributed by atoms with van der Waals surface area (Å²) in [5.41, 5.74) is 0. The highest BCUT2D eigenvalue weighted by Gasteiger charge is 2.51. The first kappa shape index (κ1) is 44.9. The molecule has 0 rings (SSSR count). The van der Waals surface area contributed by atoms with Gasteiger partial charge in [-0.25, -0.2) is 0 Å². The van der Waals surface area contributed by atoms with Crippen LogP contribution in [0.2, 0.25) is 0 Å². The van der Waals surface area contributed by atoms with Crippen LogP contribution in [0.1, 0.15) is 0 Å². The first-order chi connectivity index (χ1) is 19.8. The van der Waals surface area contributed by atoms with Gasteiger partial charge in [-0.1, -0.05) is 0 Å². The highest BCUT2D eigenvalue weighted by molar-refractivity contribution is 7.85. The van der Waals surface area contributed by atoms with E-state index in [0.29, 0.717) is 0 Å². The first-order valence-corrected chi connectivity index (χ1v) is 22.4.